The minimum atomic E-state index is -0.288. The summed E-state index contributed by atoms with van der Waals surface area (Å²) >= 11 is 3.39. The summed E-state index contributed by atoms with van der Waals surface area (Å²) in [4.78, 5) is 11.2. The van der Waals surface area contributed by atoms with Gasteiger partial charge in [0.1, 0.15) is 11.6 Å². The lowest BCUT2D eigenvalue weighted by atomic mass is 10.2. The summed E-state index contributed by atoms with van der Waals surface area (Å²) in [5, 5.41) is 13.1. The number of halogens is 2. The first kappa shape index (κ1) is 22.7. The van der Waals surface area contributed by atoms with Crippen LogP contribution in [0.4, 0.5) is 10.1 Å². The minimum Gasteiger partial charge on any atom is -0.508 e. The van der Waals surface area contributed by atoms with Crippen molar-refractivity contribution in [2.24, 2.45) is 4.99 Å². The molecule has 2 N–H and O–H groups in total. The van der Waals surface area contributed by atoms with E-state index in [-0.39, 0.29) is 18.1 Å². The first-order chi connectivity index (χ1) is 15.0. The van der Waals surface area contributed by atoms with Crippen molar-refractivity contribution in [2.75, 3.05) is 18.4 Å². The third-order valence-corrected chi connectivity index (χ3v) is 5.40. The molecule has 0 amide bonds. The summed E-state index contributed by atoms with van der Waals surface area (Å²) in [6.45, 7) is 5.59. The van der Waals surface area contributed by atoms with Gasteiger partial charge in [-0.25, -0.2) is 9.38 Å². The molecule has 5 nitrogen and oxygen atoms in total. The van der Waals surface area contributed by atoms with Crippen LogP contribution in [0.1, 0.15) is 23.7 Å². The smallest absolute Gasteiger partial charge is 0.198 e. The van der Waals surface area contributed by atoms with Gasteiger partial charge in [0.15, 0.2) is 5.96 Å². The van der Waals surface area contributed by atoms with Crippen LogP contribution in [0.5, 0.6) is 5.75 Å². The van der Waals surface area contributed by atoms with Gasteiger partial charge >= 0.3 is 0 Å². The van der Waals surface area contributed by atoms with Gasteiger partial charge in [0.05, 0.1) is 6.54 Å². The van der Waals surface area contributed by atoms with Gasteiger partial charge in [0.2, 0.25) is 0 Å². The molecule has 0 saturated carbocycles. The van der Waals surface area contributed by atoms with E-state index in [9.17, 15) is 9.50 Å². The molecule has 0 aliphatic rings. The number of anilines is 1. The van der Waals surface area contributed by atoms with Gasteiger partial charge in [-0.2, -0.15) is 0 Å². The van der Waals surface area contributed by atoms with Crippen molar-refractivity contribution in [1.29, 1.82) is 0 Å². The van der Waals surface area contributed by atoms with Gasteiger partial charge in [0.25, 0.3) is 0 Å². The number of rotatable bonds is 7. The fourth-order valence-electron chi connectivity index (χ4n) is 3.16. The van der Waals surface area contributed by atoms with E-state index >= 15 is 0 Å². The van der Waals surface area contributed by atoms with Crippen LogP contribution in [-0.4, -0.2) is 34.0 Å². The second-order valence-electron chi connectivity index (χ2n) is 7.15. The maximum atomic E-state index is 14.2. The van der Waals surface area contributed by atoms with E-state index < -0.39 is 0 Å². The zero-order valence-corrected chi connectivity index (χ0v) is 19.2. The monoisotopic (exact) mass is 484 g/mol. The lowest BCUT2D eigenvalue weighted by Crippen LogP contribution is -2.38. The van der Waals surface area contributed by atoms with E-state index in [1.807, 2.05) is 31.2 Å². The van der Waals surface area contributed by atoms with Crippen molar-refractivity contribution in [3.05, 3.63) is 87.9 Å². The molecular weight excluding hydrogens is 459 g/mol. The van der Waals surface area contributed by atoms with Crippen molar-refractivity contribution in [1.82, 2.24) is 9.88 Å². The van der Waals surface area contributed by atoms with Crippen LogP contribution in [0.3, 0.4) is 0 Å². The Kier molecular flexibility index (Phi) is 8.00. The number of aromatic nitrogens is 1. The highest BCUT2D eigenvalue weighted by atomic mass is 79.9. The molecule has 0 spiro atoms. The summed E-state index contributed by atoms with van der Waals surface area (Å²) in [5.41, 5.74) is 3.24. The van der Waals surface area contributed by atoms with E-state index in [1.165, 1.54) is 6.07 Å². The first-order valence-corrected chi connectivity index (χ1v) is 11.0. The summed E-state index contributed by atoms with van der Waals surface area (Å²) in [6, 6.07) is 15.9. The first-order valence-electron chi connectivity index (χ1n) is 10.2. The Morgan fingerprint density at radius 3 is 2.74 bits per heavy atom. The molecule has 0 saturated heterocycles. The van der Waals surface area contributed by atoms with Crippen LogP contribution in [0.25, 0.3) is 0 Å². The van der Waals surface area contributed by atoms with E-state index in [0.717, 1.165) is 34.4 Å². The molecule has 7 heteroatoms. The average Bonchev–Trinajstić information content (AvgIpc) is 2.76. The standard InChI is InChI=1S/C24H26BrFN4O/c1-3-30(13-11-20-6-4-5-12-27-20)24(29-23-10-8-21(31)14-17(23)2)28-16-18-15-19(25)7-9-22(18)26/h4-10,12,14-15,31H,3,11,13,16H2,1-2H3,(H,28,29). The number of guanidine groups is 1. The van der Waals surface area contributed by atoms with Gasteiger partial charge in [-0.3, -0.25) is 4.98 Å². The number of aliphatic imine (C=N–C) groups is 1. The van der Waals surface area contributed by atoms with E-state index in [1.54, 1.807) is 30.5 Å². The van der Waals surface area contributed by atoms with E-state index in [4.69, 9.17) is 4.99 Å². The second kappa shape index (κ2) is 10.9. The maximum Gasteiger partial charge on any atom is 0.198 e. The molecule has 1 heterocycles. The lowest BCUT2D eigenvalue weighted by molar-refractivity contribution is 0.439. The molecule has 0 unspecified atom stereocenters. The average molecular weight is 485 g/mol. The Morgan fingerprint density at radius 2 is 2.03 bits per heavy atom. The molecule has 1 aromatic heterocycles. The normalized spacial score (nSPS) is 11.4. The number of hydrogen-bond acceptors (Lipinski definition) is 3. The maximum absolute atomic E-state index is 14.2. The Balaban J connectivity index is 1.86. The zero-order chi connectivity index (χ0) is 22.2. The molecule has 0 atom stereocenters. The Hall–Kier alpha value is -2.93. The Labute approximate surface area is 190 Å². The van der Waals surface area contributed by atoms with Crippen LogP contribution in [-0.2, 0) is 13.0 Å². The van der Waals surface area contributed by atoms with Crippen molar-refractivity contribution < 1.29 is 9.50 Å². The fourth-order valence-corrected chi connectivity index (χ4v) is 3.57. The number of phenols is 1. The number of benzene rings is 2. The van der Waals surface area contributed by atoms with E-state index in [2.05, 4.69) is 38.1 Å². The molecule has 3 rings (SSSR count). The van der Waals surface area contributed by atoms with Gasteiger partial charge in [-0.1, -0.05) is 22.0 Å². The highest BCUT2D eigenvalue weighted by Gasteiger charge is 2.13. The van der Waals surface area contributed by atoms with Gasteiger partial charge in [0, 0.05) is 47.1 Å². The van der Waals surface area contributed by atoms with Crippen LogP contribution < -0.4 is 5.32 Å². The van der Waals surface area contributed by atoms with Crippen molar-refractivity contribution in [3.8, 4) is 5.75 Å². The molecule has 162 valence electrons. The number of aromatic hydroxyl groups is 1. The number of pyridine rings is 1. The third-order valence-electron chi connectivity index (χ3n) is 4.91. The molecular formula is C24H26BrFN4O. The van der Waals surface area contributed by atoms with Crippen molar-refractivity contribution >= 4 is 27.6 Å². The van der Waals surface area contributed by atoms with Crippen molar-refractivity contribution in [2.45, 2.75) is 26.8 Å². The molecule has 0 aliphatic heterocycles. The predicted molar refractivity (Wildman–Crippen MR) is 127 cm³/mol. The molecule has 3 aromatic rings. The van der Waals surface area contributed by atoms with Gasteiger partial charge < -0.3 is 15.3 Å². The minimum absolute atomic E-state index is 0.199. The molecule has 0 fully saturated rings. The number of hydrogen-bond donors (Lipinski definition) is 2. The lowest BCUT2D eigenvalue weighted by Gasteiger charge is -2.26. The molecule has 0 radical (unpaired) electrons. The van der Waals surface area contributed by atoms with Crippen LogP contribution in [0.15, 0.2) is 70.3 Å². The molecule has 31 heavy (non-hydrogen) atoms. The number of aryl methyl sites for hydroxylation is 1. The fraction of sp³-hybridized carbons (Fsp3) is 0.250. The third kappa shape index (κ3) is 6.52. The predicted octanol–water partition coefficient (Wildman–Crippen LogP) is 5.53. The number of nitrogens with zero attached hydrogens (tertiary/aromatic N) is 3. The number of nitrogens with one attached hydrogen (secondary N) is 1. The van der Waals surface area contributed by atoms with Gasteiger partial charge in [-0.05, 0) is 67.9 Å². The summed E-state index contributed by atoms with van der Waals surface area (Å²) in [7, 11) is 0. The summed E-state index contributed by atoms with van der Waals surface area (Å²) in [5.74, 6) is 0.565. The largest absolute Gasteiger partial charge is 0.508 e. The zero-order valence-electron chi connectivity index (χ0n) is 17.6. The van der Waals surface area contributed by atoms with E-state index in [0.29, 0.717) is 18.1 Å². The molecule has 0 bridgehead atoms. The van der Waals surface area contributed by atoms with Gasteiger partial charge in [-0.15, -0.1) is 0 Å². The number of likely N-dealkylation sites (N-methyl/N-ethyl adjacent to an activating group) is 1. The number of phenolic OH excluding ortho intramolecular Hbond substituents is 1. The SMILES string of the molecule is CCN(CCc1ccccn1)C(=NCc1cc(Br)ccc1F)Nc1ccc(O)cc1C. The molecule has 2 aromatic carbocycles. The second-order valence-corrected chi connectivity index (χ2v) is 8.07. The Bertz CT molecular complexity index is 1040. The van der Waals surface area contributed by atoms with Crippen LogP contribution >= 0.6 is 15.9 Å². The topological polar surface area (TPSA) is 60.8 Å². The Morgan fingerprint density at radius 1 is 1.19 bits per heavy atom. The molecule has 0 aliphatic carbocycles. The summed E-state index contributed by atoms with van der Waals surface area (Å²) < 4.78 is 15.1. The summed E-state index contributed by atoms with van der Waals surface area (Å²) in [6.07, 6.45) is 2.55. The van der Waals surface area contributed by atoms with Crippen LogP contribution in [0, 0.1) is 12.7 Å². The van der Waals surface area contributed by atoms with Crippen molar-refractivity contribution in [3.63, 3.8) is 0 Å². The highest BCUT2D eigenvalue weighted by Crippen LogP contribution is 2.21. The van der Waals surface area contributed by atoms with Crippen LogP contribution in [0.2, 0.25) is 0 Å². The quantitative estimate of drug-likeness (QED) is 0.263. The highest BCUT2D eigenvalue weighted by molar-refractivity contribution is 9.10.